The molecule has 3 rings (SSSR count). The summed E-state index contributed by atoms with van der Waals surface area (Å²) in [5, 5.41) is 0.362. The summed E-state index contributed by atoms with van der Waals surface area (Å²) in [6.45, 7) is 5.90. The van der Waals surface area contributed by atoms with Gasteiger partial charge in [-0.1, -0.05) is 13.8 Å². The predicted octanol–water partition coefficient (Wildman–Crippen LogP) is 1.04. The van der Waals surface area contributed by atoms with E-state index in [1.807, 2.05) is 0 Å². The molecule has 2 aliphatic rings. The number of hydrogen-bond acceptors (Lipinski definition) is 5. The first kappa shape index (κ1) is 14.9. The van der Waals surface area contributed by atoms with Crippen molar-refractivity contribution in [1.82, 2.24) is 9.55 Å². The van der Waals surface area contributed by atoms with Gasteiger partial charge in [0.25, 0.3) is 5.56 Å². The quantitative estimate of drug-likeness (QED) is 0.903. The van der Waals surface area contributed by atoms with Crippen molar-refractivity contribution in [2.45, 2.75) is 55.6 Å². The Labute approximate surface area is 126 Å². The number of hydrogen-bond donors (Lipinski definition) is 1. The molecule has 0 saturated carbocycles. The second-order valence-corrected chi connectivity index (χ2v) is 7.22. The van der Waals surface area contributed by atoms with Crippen LogP contribution >= 0.6 is 11.8 Å². The lowest BCUT2D eigenvalue weighted by Crippen LogP contribution is -2.45. The van der Waals surface area contributed by atoms with Gasteiger partial charge < -0.3 is 9.47 Å². The third kappa shape index (κ3) is 1.94. The van der Waals surface area contributed by atoms with Gasteiger partial charge in [-0.15, -0.1) is 11.8 Å². The number of H-pyrrole nitrogens is 1. The molecule has 116 valence electrons. The molecular weight excluding hydrogens is 292 g/mol. The second kappa shape index (κ2) is 5.00. The highest BCUT2D eigenvalue weighted by molar-refractivity contribution is 8.01. The van der Waals surface area contributed by atoms with Crippen molar-refractivity contribution in [2.24, 2.45) is 0 Å². The van der Waals surface area contributed by atoms with Crippen molar-refractivity contribution in [1.29, 1.82) is 0 Å². The average molecular weight is 312 g/mol. The van der Waals surface area contributed by atoms with Crippen LogP contribution in [0.5, 0.6) is 0 Å². The van der Waals surface area contributed by atoms with Crippen LogP contribution in [-0.4, -0.2) is 38.9 Å². The Morgan fingerprint density at radius 2 is 2.24 bits per heavy atom. The van der Waals surface area contributed by atoms with Gasteiger partial charge in [-0.2, -0.15) is 0 Å². The first-order valence-corrected chi connectivity index (χ1v) is 8.07. The lowest BCUT2D eigenvalue weighted by atomic mass is 9.91. The SMILES string of the molecule is CC[C@]12O[C@@H](n3cc(C)c(=O)[nH]c3=O)[C@H](S[C@H]1C)[C@@H]2OC. The van der Waals surface area contributed by atoms with Crippen LogP contribution < -0.4 is 11.2 Å². The molecular formula is C14H20N2O4S. The van der Waals surface area contributed by atoms with Crippen molar-refractivity contribution in [3.8, 4) is 0 Å². The van der Waals surface area contributed by atoms with E-state index in [4.69, 9.17) is 9.47 Å². The van der Waals surface area contributed by atoms with E-state index in [2.05, 4.69) is 18.8 Å². The van der Waals surface area contributed by atoms with Crippen molar-refractivity contribution in [3.05, 3.63) is 32.6 Å². The first-order chi connectivity index (χ1) is 9.94. The predicted molar refractivity (Wildman–Crippen MR) is 80.8 cm³/mol. The van der Waals surface area contributed by atoms with Crippen LogP contribution in [0.25, 0.3) is 0 Å². The number of aromatic nitrogens is 2. The van der Waals surface area contributed by atoms with Gasteiger partial charge in [0.2, 0.25) is 0 Å². The number of methoxy groups -OCH3 is 1. The smallest absolute Gasteiger partial charge is 0.330 e. The van der Waals surface area contributed by atoms with Gasteiger partial charge in [0.15, 0.2) is 6.23 Å². The highest BCUT2D eigenvalue weighted by Crippen LogP contribution is 2.58. The lowest BCUT2D eigenvalue weighted by Gasteiger charge is -2.35. The van der Waals surface area contributed by atoms with Gasteiger partial charge in [-0.3, -0.25) is 14.3 Å². The molecule has 5 atom stereocenters. The maximum Gasteiger partial charge on any atom is 0.330 e. The third-order valence-corrected chi connectivity index (χ3v) is 6.28. The highest BCUT2D eigenvalue weighted by Gasteiger charge is 2.64. The number of aromatic amines is 1. The molecule has 1 N–H and O–H groups in total. The topological polar surface area (TPSA) is 73.3 Å². The number of nitrogens with zero attached hydrogens (tertiary/aromatic N) is 1. The van der Waals surface area contributed by atoms with Gasteiger partial charge in [-0.05, 0) is 13.3 Å². The summed E-state index contributed by atoms with van der Waals surface area (Å²) < 4.78 is 13.4. The Balaban J connectivity index is 2.06. The van der Waals surface area contributed by atoms with Gasteiger partial charge in [0, 0.05) is 24.1 Å². The van der Waals surface area contributed by atoms with E-state index in [1.165, 1.54) is 4.57 Å². The van der Waals surface area contributed by atoms with Crippen LogP contribution in [0.15, 0.2) is 15.8 Å². The minimum absolute atomic E-state index is 0.0490. The summed E-state index contributed by atoms with van der Waals surface area (Å²) >= 11 is 1.79. The van der Waals surface area contributed by atoms with Crippen LogP contribution in [-0.2, 0) is 9.47 Å². The molecule has 7 heteroatoms. The molecule has 2 fully saturated rings. The number of thioether (sulfide) groups is 1. The minimum Gasteiger partial charge on any atom is -0.377 e. The van der Waals surface area contributed by atoms with Crippen LogP contribution in [0.3, 0.4) is 0 Å². The molecule has 1 aromatic rings. The number of ether oxygens (including phenoxy) is 2. The van der Waals surface area contributed by atoms with E-state index in [0.717, 1.165) is 6.42 Å². The molecule has 2 bridgehead atoms. The van der Waals surface area contributed by atoms with E-state index >= 15 is 0 Å². The van der Waals surface area contributed by atoms with E-state index in [0.29, 0.717) is 10.8 Å². The van der Waals surface area contributed by atoms with Crippen LogP contribution in [0.1, 0.15) is 32.1 Å². The summed E-state index contributed by atoms with van der Waals surface area (Å²) in [5.41, 5.74) is -0.664. The zero-order valence-corrected chi connectivity index (χ0v) is 13.4. The van der Waals surface area contributed by atoms with Crippen LogP contribution in [0.4, 0.5) is 0 Å². The first-order valence-electron chi connectivity index (χ1n) is 7.12. The lowest BCUT2D eigenvalue weighted by molar-refractivity contribution is -0.112. The van der Waals surface area contributed by atoms with E-state index in [1.54, 1.807) is 32.0 Å². The number of nitrogens with one attached hydrogen (secondary N) is 1. The third-order valence-electron chi connectivity index (χ3n) is 4.68. The normalized spacial score (nSPS) is 38.1. The number of rotatable bonds is 3. The van der Waals surface area contributed by atoms with Crippen molar-refractivity contribution in [2.75, 3.05) is 7.11 Å². The minimum atomic E-state index is -0.433. The van der Waals surface area contributed by atoms with Crippen molar-refractivity contribution < 1.29 is 9.47 Å². The highest BCUT2D eigenvalue weighted by atomic mass is 32.2. The Morgan fingerprint density at radius 1 is 1.52 bits per heavy atom. The van der Waals surface area contributed by atoms with E-state index in [9.17, 15) is 9.59 Å². The van der Waals surface area contributed by atoms with Gasteiger partial charge in [0.05, 0.1) is 5.25 Å². The second-order valence-electron chi connectivity index (χ2n) is 5.69. The fourth-order valence-electron chi connectivity index (χ4n) is 3.50. The summed E-state index contributed by atoms with van der Waals surface area (Å²) in [7, 11) is 1.69. The Bertz CT molecular complexity index is 670. The standard InChI is InChI=1S/C14H20N2O4S/c1-5-14-8(3)21-9(10(14)19-4)12(20-14)16-6-7(2)11(17)15-13(16)18/h6,8-10,12H,5H2,1-4H3,(H,15,17,18)/t8-,9+,10-,12+,14-/m0/s1. The molecule has 0 unspecified atom stereocenters. The summed E-state index contributed by atoms with van der Waals surface area (Å²) in [6.07, 6.45) is 1.95. The van der Waals surface area contributed by atoms with Gasteiger partial charge >= 0.3 is 5.69 Å². The summed E-state index contributed by atoms with van der Waals surface area (Å²) in [6, 6.07) is 0. The van der Waals surface area contributed by atoms with Crippen LogP contribution in [0, 0.1) is 6.92 Å². The maximum absolute atomic E-state index is 12.1. The van der Waals surface area contributed by atoms with Crippen LogP contribution in [0.2, 0.25) is 0 Å². The molecule has 0 amide bonds. The molecule has 0 aliphatic carbocycles. The van der Waals surface area contributed by atoms with Crippen molar-refractivity contribution >= 4 is 11.8 Å². The Morgan fingerprint density at radius 3 is 2.81 bits per heavy atom. The molecule has 0 aromatic carbocycles. The molecule has 0 spiro atoms. The Hall–Kier alpha value is -1.05. The van der Waals surface area contributed by atoms with Crippen molar-refractivity contribution in [3.63, 3.8) is 0 Å². The molecule has 21 heavy (non-hydrogen) atoms. The zero-order valence-electron chi connectivity index (χ0n) is 12.6. The van der Waals surface area contributed by atoms with E-state index < -0.39 is 11.9 Å². The average Bonchev–Trinajstić information content (AvgIpc) is 2.91. The maximum atomic E-state index is 12.1. The summed E-state index contributed by atoms with van der Waals surface area (Å²) in [5.74, 6) is 0. The number of aryl methyl sites for hydroxylation is 1. The Kier molecular flexibility index (Phi) is 3.54. The monoisotopic (exact) mass is 312 g/mol. The summed E-state index contributed by atoms with van der Waals surface area (Å²) in [4.78, 5) is 26.0. The van der Waals surface area contributed by atoms with E-state index in [-0.39, 0.29) is 22.5 Å². The zero-order chi connectivity index (χ0) is 15.4. The molecule has 1 aromatic heterocycles. The molecule has 3 heterocycles. The number of fused-ring (bicyclic) bond motifs is 2. The fraction of sp³-hybridized carbons (Fsp3) is 0.714. The molecule has 2 saturated heterocycles. The largest absolute Gasteiger partial charge is 0.377 e. The van der Waals surface area contributed by atoms with Gasteiger partial charge in [-0.25, -0.2) is 4.79 Å². The van der Waals surface area contributed by atoms with Gasteiger partial charge in [0.1, 0.15) is 11.7 Å². The fourth-order valence-corrected chi connectivity index (χ4v) is 5.36. The molecule has 0 radical (unpaired) electrons. The molecule has 2 aliphatic heterocycles. The molecule has 6 nitrogen and oxygen atoms in total.